The van der Waals surface area contributed by atoms with Gasteiger partial charge in [-0.15, -0.1) is 0 Å². The number of nitrogens with one attached hydrogen (secondary N) is 1. The van der Waals surface area contributed by atoms with Crippen molar-refractivity contribution >= 4 is 16.6 Å². The molecule has 0 bridgehead atoms. The van der Waals surface area contributed by atoms with Gasteiger partial charge in [-0.25, -0.2) is 0 Å². The highest BCUT2D eigenvalue weighted by molar-refractivity contribution is 5.96. The molecule has 3 heteroatoms. The van der Waals surface area contributed by atoms with Crippen molar-refractivity contribution in [3.63, 3.8) is 0 Å². The van der Waals surface area contributed by atoms with Gasteiger partial charge in [0, 0.05) is 24.2 Å². The van der Waals surface area contributed by atoms with Crippen LogP contribution in [0.2, 0.25) is 0 Å². The fraction of sp³-hybridized carbons (Fsp3) is 0.333. The summed E-state index contributed by atoms with van der Waals surface area (Å²) in [4.78, 5) is 0. The van der Waals surface area contributed by atoms with Crippen LogP contribution < -0.4 is 5.32 Å². The maximum atomic E-state index is 9.96. The third-order valence-corrected chi connectivity index (χ3v) is 4.36. The van der Waals surface area contributed by atoms with Crippen LogP contribution in [0.4, 0.5) is 5.69 Å². The standard InChI is InChI=1S/C21H26N2O/c1-4-19-21(22-13-15(2)3)18-12-17(24)10-11-20(18)23(19)14-16-8-6-5-7-9-16/h5-12,15,22,24H,4,13-14H2,1-3H3. The average Bonchev–Trinajstić information content (AvgIpc) is 2.86. The predicted octanol–water partition coefficient (Wildman–Crippen LogP) is 5.03. The Morgan fingerprint density at radius 1 is 1.08 bits per heavy atom. The minimum absolute atomic E-state index is 0.314. The summed E-state index contributed by atoms with van der Waals surface area (Å²) in [5.41, 5.74) is 4.90. The lowest BCUT2D eigenvalue weighted by atomic mass is 10.1. The van der Waals surface area contributed by atoms with Gasteiger partial charge in [0.15, 0.2) is 0 Å². The van der Waals surface area contributed by atoms with Crippen molar-refractivity contribution in [2.75, 3.05) is 11.9 Å². The molecule has 0 saturated heterocycles. The molecule has 0 amide bonds. The summed E-state index contributed by atoms with van der Waals surface area (Å²) in [6, 6.07) is 16.2. The van der Waals surface area contributed by atoms with Crippen LogP contribution >= 0.6 is 0 Å². The van der Waals surface area contributed by atoms with E-state index in [1.165, 1.54) is 16.8 Å². The van der Waals surface area contributed by atoms with Gasteiger partial charge in [0.2, 0.25) is 0 Å². The summed E-state index contributed by atoms with van der Waals surface area (Å²) in [5, 5.41) is 14.7. The maximum Gasteiger partial charge on any atom is 0.116 e. The molecule has 0 aliphatic carbocycles. The van der Waals surface area contributed by atoms with Gasteiger partial charge in [-0.05, 0) is 36.1 Å². The molecule has 2 N–H and O–H groups in total. The largest absolute Gasteiger partial charge is 0.508 e. The van der Waals surface area contributed by atoms with Crippen LogP contribution in [0.1, 0.15) is 32.0 Å². The molecular weight excluding hydrogens is 296 g/mol. The van der Waals surface area contributed by atoms with Crippen LogP contribution in [-0.4, -0.2) is 16.2 Å². The molecule has 3 aromatic rings. The van der Waals surface area contributed by atoms with E-state index in [1.807, 2.05) is 18.2 Å². The molecule has 0 atom stereocenters. The molecule has 0 fully saturated rings. The summed E-state index contributed by atoms with van der Waals surface area (Å²) >= 11 is 0. The van der Waals surface area contributed by atoms with Crippen molar-refractivity contribution in [3.8, 4) is 5.75 Å². The first-order valence-electron chi connectivity index (χ1n) is 8.72. The molecular formula is C21H26N2O. The van der Waals surface area contributed by atoms with Crippen LogP contribution in [0.25, 0.3) is 10.9 Å². The van der Waals surface area contributed by atoms with E-state index in [-0.39, 0.29) is 0 Å². The fourth-order valence-electron chi connectivity index (χ4n) is 3.21. The summed E-state index contributed by atoms with van der Waals surface area (Å²) in [6.07, 6.45) is 0.947. The van der Waals surface area contributed by atoms with E-state index in [0.717, 1.165) is 30.6 Å². The zero-order valence-electron chi connectivity index (χ0n) is 14.7. The SMILES string of the molecule is CCc1c(NCC(C)C)c2cc(O)ccc2n1Cc1ccccc1. The minimum atomic E-state index is 0.314. The number of nitrogens with zero attached hydrogens (tertiary/aromatic N) is 1. The molecule has 0 spiro atoms. The number of hydrogen-bond acceptors (Lipinski definition) is 2. The molecule has 0 unspecified atom stereocenters. The lowest BCUT2D eigenvalue weighted by Crippen LogP contribution is -2.10. The third-order valence-electron chi connectivity index (χ3n) is 4.36. The first-order chi connectivity index (χ1) is 11.6. The zero-order chi connectivity index (χ0) is 17.1. The second-order valence-corrected chi connectivity index (χ2v) is 6.72. The van der Waals surface area contributed by atoms with Crippen molar-refractivity contribution in [2.24, 2.45) is 5.92 Å². The topological polar surface area (TPSA) is 37.2 Å². The molecule has 3 rings (SSSR count). The van der Waals surface area contributed by atoms with Crippen molar-refractivity contribution in [1.29, 1.82) is 0 Å². The molecule has 2 aromatic carbocycles. The summed E-state index contributed by atoms with van der Waals surface area (Å²) < 4.78 is 2.37. The fourth-order valence-corrected chi connectivity index (χ4v) is 3.21. The van der Waals surface area contributed by atoms with Gasteiger partial charge in [-0.1, -0.05) is 51.1 Å². The van der Waals surface area contributed by atoms with Crippen molar-refractivity contribution in [2.45, 2.75) is 33.7 Å². The van der Waals surface area contributed by atoms with Gasteiger partial charge in [-0.2, -0.15) is 0 Å². The van der Waals surface area contributed by atoms with E-state index in [0.29, 0.717) is 11.7 Å². The molecule has 0 radical (unpaired) electrons. The highest BCUT2D eigenvalue weighted by atomic mass is 16.3. The Kier molecular flexibility index (Phi) is 4.79. The number of benzene rings is 2. The molecule has 0 saturated carbocycles. The Labute approximate surface area is 143 Å². The van der Waals surface area contributed by atoms with Gasteiger partial charge in [-0.3, -0.25) is 0 Å². The molecule has 1 aromatic heterocycles. The molecule has 1 heterocycles. The summed E-state index contributed by atoms with van der Waals surface area (Å²) in [7, 11) is 0. The van der Waals surface area contributed by atoms with Crippen molar-refractivity contribution in [3.05, 3.63) is 59.8 Å². The Morgan fingerprint density at radius 2 is 1.83 bits per heavy atom. The van der Waals surface area contributed by atoms with Crippen molar-refractivity contribution < 1.29 is 5.11 Å². The smallest absolute Gasteiger partial charge is 0.116 e. The van der Waals surface area contributed by atoms with Crippen LogP contribution in [-0.2, 0) is 13.0 Å². The molecule has 3 nitrogen and oxygen atoms in total. The van der Waals surface area contributed by atoms with E-state index in [9.17, 15) is 5.11 Å². The molecule has 0 aliphatic heterocycles. The zero-order valence-corrected chi connectivity index (χ0v) is 14.7. The number of aromatic hydroxyl groups is 1. The summed E-state index contributed by atoms with van der Waals surface area (Å²) in [5.74, 6) is 0.883. The average molecular weight is 322 g/mol. The van der Waals surface area contributed by atoms with E-state index in [1.54, 1.807) is 6.07 Å². The van der Waals surface area contributed by atoms with E-state index >= 15 is 0 Å². The lowest BCUT2D eigenvalue weighted by molar-refractivity contribution is 0.476. The second kappa shape index (κ2) is 7.00. The molecule has 24 heavy (non-hydrogen) atoms. The second-order valence-electron chi connectivity index (χ2n) is 6.72. The maximum absolute atomic E-state index is 9.96. The molecule has 0 aliphatic rings. The van der Waals surface area contributed by atoms with Crippen LogP contribution in [0.3, 0.4) is 0 Å². The monoisotopic (exact) mass is 322 g/mol. The number of phenols is 1. The number of fused-ring (bicyclic) bond motifs is 1. The van der Waals surface area contributed by atoms with Crippen LogP contribution in [0, 0.1) is 5.92 Å². The first-order valence-corrected chi connectivity index (χ1v) is 8.72. The first kappa shape index (κ1) is 16.4. The number of anilines is 1. The van der Waals surface area contributed by atoms with Gasteiger partial charge in [0.05, 0.1) is 11.2 Å². The Bertz CT molecular complexity index is 819. The van der Waals surface area contributed by atoms with Gasteiger partial charge in [0.25, 0.3) is 0 Å². The lowest BCUT2D eigenvalue weighted by Gasteiger charge is -2.13. The number of aromatic nitrogens is 1. The Hall–Kier alpha value is -2.42. The third kappa shape index (κ3) is 3.25. The Morgan fingerprint density at radius 3 is 2.50 bits per heavy atom. The highest BCUT2D eigenvalue weighted by Gasteiger charge is 2.16. The van der Waals surface area contributed by atoms with Crippen molar-refractivity contribution in [1.82, 2.24) is 4.57 Å². The van der Waals surface area contributed by atoms with Gasteiger partial charge >= 0.3 is 0 Å². The summed E-state index contributed by atoms with van der Waals surface area (Å²) in [6.45, 7) is 8.37. The normalized spacial score (nSPS) is 11.3. The number of phenolic OH excluding ortho intramolecular Hbond substituents is 1. The molecule has 126 valence electrons. The van der Waals surface area contributed by atoms with Gasteiger partial charge < -0.3 is 15.0 Å². The highest BCUT2D eigenvalue weighted by Crippen LogP contribution is 2.34. The number of hydrogen-bond donors (Lipinski definition) is 2. The van der Waals surface area contributed by atoms with E-state index < -0.39 is 0 Å². The van der Waals surface area contributed by atoms with Crippen LogP contribution in [0.15, 0.2) is 48.5 Å². The number of rotatable bonds is 6. The van der Waals surface area contributed by atoms with E-state index in [4.69, 9.17) is 0 Å². The quantitative estimate of drug-likeness (QED) is 0.668. The van der Waals surface area contributed by atoms with E-state index in [2.05, 4.69) is 54.9 Å². The van der Waals surface area contributed by atoms with Crippen LogP contribution in [0.5, 0.6) is 5.75 Å². The Balaban J connectivity index is 2.12. The predicted molar refractivity (Wildman–Crippen MR) is 102 cm³/mol. The van der Waals surface area contributed by atoms with Gasteiger partial charge in [0.1, 0.15) is 5.75 Å². The minimum Gasteiger partial charge on any atom is -0.508 e.